The predicted molar refractivity (Wildman–Crippen MR) is 149 cm³/mol. The zero-order chi connectivity index (χ0) is 26.3. The lowest BCUT2D eigenvalue weighted by atomic mass is 9.77. The summed E-state index contributed by atoms with van der Waals surface area (Å²) in [4.78, 5) is 17.6. The molecule has 2 aliphatic rings. The lowest BCUT2D eigenvalue weighted by Gasteiger charge is -2.31. The number of carboxylic acid groups (broad SMARTS) is 1. The number of aromatic nitrogens is 1. The summed E-state index contributed by atoms with van der Waals surface area (Å²) < 4.78 is 20.6. The molecule has 0 unspecified atom stereocenters. The first-order chi connectivity index (χ1) is 17.7. The first kappa shape index (κ1) is 25.4. The Labute approximate surface area is 221 Å². The molecule has 1 aliphatic carbocycles. The van der Waals surface area contributed by atoms with Gasteiger partial charge in [0.25, 0.3) is 0 Å². The van der Waals surface area contributed by atoms with Gasteiger partial charge in [0, 0.05) is 33.2 Å². The van der Waals surface area contributed by atoms with E-state index in [1.54, 1.807) is 6.07 Å². The molecule has 5 rings (SSSR count). The van der Waals surface area contributed by atoms with Gasteiger partial charge in [-0.3, -0.25) is 4.98 Å². The fourth-order valence-corrected chi connectivity index (χ4v) is 6.41. The number of alkyl halides is 1. The summed E-state index contributed by atoms with van der Waals surface area (Å²) >= 11 is 1.26. The van der Waals surface area contributed by atoms with Crippen LogP contribution in [-0.4, -0.2) is 28.3 Å². The van der Waals surface area contributed by atoms with Gasteiger partial charge in [-0.05, 0) is 106 Å². The minimum Gasteiger partial charge on any atom is -0.493 e. The average molecular weight is 518 g/mol. The van der Waals surface area contributed by atoms with E-state index in [4.69, 9.17) is 9.72 Å². The topological polar surface area (TPSA) is 59.4 Å². The highest BCUT2D eigenvalue weighted by Crippen LogP contribution is 2.40. The average Bonchev–Trinajstić information content (AvgIpc) is 3.38. The lowest BCUT2D eigenvalue weighted by Crippen LogP contribution is -2.27. The van der Waals surface area contributed by atoms with Gasteiger partial charge >= 0.3 is 5.97 Å². The van der Waals surface area contributed by atoms with Gasteiger partial charge in [-0.15, -0.1) is 11.3 Å². The fraction of sp³-hybridized carbons (Fsp3) is 0.355. The molecule has 0 amide bonds. The number of halogens is 1. The van der Waals surface area contributed by atoms with Gasteiger partial charge < -0.3 is 9.84 Å². The van der Waals surface area contributed by atoms with Crippen molar-refractivity contribution in [1.29, 1.82) is 0 Å². The Kier molecular flexibility index (Phi) is 6.80. The monoisotopic (exact) mass is 517 g/mol. The molecular formula is C31H32FNO3S. The molecule has 1 fully saturated rings. The van der Waals surface area contributed by atoms with Crippen LogP contribution in [0.25, 0.3) is 26.9 Å². The molecule has 6 heteroatoms. The lowest BCUT2D eigenvalue weighted by molar-refractivity contribution is 0.0702. The number of allylic oxidation sites excluding steroid dienone is 4. The number of aromatic carboxylic acids is 1. The SMILES string of the molecule is C=CC1(F)CCC(Cc2cc(-c3ccc(C(=O)O)s3)c3ncc(C4=C(C)OCC(C)=C4C)cc3c2)CC1. The molecule has 0 saturated heterocycles. The van der Waals surface area contributed by atoms with Gasteiger partial charge in [0.1, 0.15) is 22.9 Å². The number of hydrogen-bond acceptors (Lipinski definition) is 4. The summed E-state index contributed by atoms with van der Waals surface area (Å²) in [5.41, 5.74) is 6.20. The maximum Gasteiger partial charge on any atom is 0.345 e. The van der Waals surface area contributed by atoms with Crippen molar-refractivity contribution in [2.24, 2.45) is 5.92 Å². The van der Waals surface area contributed by atoms with Gasteiger partial charge in [-0.2, -0.15) is 0 Å². The number of nitrogens with zero attached hydrogens (tertiary/aromatic N) is 1. The van der Waals surface area contributed by atoms with Crippen LogP contribution in [-0.2, 0) is 11.2 Å². The highest BCUT2D eigenvalue weighted by atomic mass is 32.1. The van der Waals surface area contributed by atoms with Gasteiger partial charge in [-0.25, -0.2) is 9.18 Å². The Hall–Kier alpha value is -3.25. The van der Waals surface area contributed by atoms with E-state index in [9.17, 15) is 14.3 Å². The van der Waals surface area contributed by atoms with Crippen molar-refractivity contribution < 1.29 is 19.0 Å². The van der Waals surface area contributed by atoms with Gasteiger partial charge in [-0.1, -0.05) is 12.7 Å². The quantitative estimate of drug-likeness (QED) is 0.334. The van der Waals surface area contributed by atoms with Crippen molar-refractivity contribution in [3.8, 4) is 10.4 Å². The highest BCUT2D eigenvalue weighted by molar-refractivity contribution is 7.17. The molecule has 0 radical (unpaired) electrons. The van der Waals surface area contributed by atoms with Crippen molar-refractivity contribution >= 4 is 33.8 Å². The zero-order valence-corrected chi connectivity index (χ0v) is 22.4. The number of benzene rings is 1. The third-order valence-corrected chi connectivity index (χ3v) is 9.02. The Morgan fingerprint density at radius 2 is 2.00 bits per heavy atom. The number of ether oxygens (including phenoxy) is 1. The third kappa shape index (κ3) is 4.99. The maximum atomic E-state index is 14.7. The van der Waals surface area contributed by atoms with Crippen LogP contribution in [0.5, 0.6) is 0 Å². The number of fused-ring (bicyclic) bond motifs is 1. The molecule has 192 valence electrons. The number of thiophene rings is 1. The summed E-state index contributed by atoms with van der Waals surface area (Å²) in [5, 5.41) is 10.5. The maximum absolute atomic E-state index is 14.7. The normalized spacial score (nSPS) is 22.3. The van der Waals surface area contributed by atoms with Crippen LogP contribution in [0.15, 0.2) is 66.1 Å². The van der Waals surface area contributed by atoms with E-state index in [2.05, 4.69) is 38.6 Å². The number of rotatable bonds is 6. The van der Waals surface area contributed by atoms with Gasteiger partial charge in [0.2, 0.25) is 0 Å². The molecule has 1 saturated carbocycles. The van der Waals surface area contributed by atoms with Crippen LogP contribution >= 0.6 is 11.3 Å². The van der Waals surface area contributed by atoms with Gasteiger partial charge in [0.15, 0.2) is 0 Å². The third-order valence-electron chi connectivity index (χ3n) is 7.91. The number of hydrogen-bond donors (Lipinski definition) is 1. The van der Waals surface area contributed by atoms with E-state index >= 15 is 0 Å². The standard InChI is InChI=1S/C31H32FNO3S/c1-5-31(32)10-8-21(9-11-31)12-22-13-23-15-24(28-19(3)18(2)17-36-20(28)4)16-33-29(23)25(14-22)26-6-7-27(37-26)30(34)35/h5-7,13-16,21H,1,8-12,17H2,2-4H3,(H,34,35). The molecule has 37 heavy (non-hydrogen) atoms. The highest BCUT2D eigenvalue weighted by Gasteiger charge is 2.32. The Balaban J connectivity index is 1.59. The van der Waals surface area contributed by atoms with Crippen LogP contribution < -0.4 is 0 Å². The summed E-state index contributed by atoms with van der Waals surface area (Å²) in [6.45, 7) is 10.5. The first-order valence-electron chi connectivity index (χ1n) is 12.8. The summed E-state index contributed by atoms with van der Waals surface area (Å²) in [5.74, 6) is 0.361. The number of pyridine rings is 1. The second-order valence-corrected chi connectivity index (χ2v) is 11.5. The molecule has 0 bridgehead atoms. The minimum absolute atomic E-state index is 0.303. The number of carbonyl (C=O) groups is 1. The molecule has 1 N–H and O–H groups in total. The van der Waals surface area contributed by atoms with Crippen molar-refractivity contribution in [1.82, 2.24) is 4.98 Å². The summed E-state index contributed by atoms with van der Waals surface area (Å²) in [7, 11) is 0. The Morgan fingerprint density at radius 1 is 1.24 bits per heavy atom. The second-order valence-electron chi connectivity index (χ2n) is 10.4. The van der Waals surface area contributed by atoms with Crippen molar-refractivity contribution in [3.05, 3.63) is 82.1 Å². The van der Waals surface area contributed by atoms with E-state index in [0.717, 1.165) is 63.1 Å². The molecule has 3 aromatic rings. The van der Waals surface area contributed by atoms with E-state index in [0.29, 0.717) is 30.2 Å². The van der Waals surface area contributed by atoms with Crippen molar-refractivity contribution in [2.45, 2.75) is 58.5 Å². The molecule has 1 aliphatic heterocycles. The summed E-state index contributed by atoms with van der Waals surface area (Å²) in [6, 6.07) is 10.0. The zero-order valence-electron chi connectivity index (χ0n) is 21.6. The molecule has 2 aromatic heterocycles. The minimum atomic E-state index is -1.24. The molecule has 0 atom stereocenters. The number of carboxylic acids is 1. The van der Waals surface area contributed by atoms with E-state index < -0.39 is 11.6 Å². The largest absolute Gasteiger partial charge is 0.493 e. The summed E-state index contributed by atoms with van der Waals surface area (Å²) in [6.07, 6.45) is 6.87. The fourth-order valence-electron chi connectivity index (χ4n) is 5.55. The second kappa shape index (κ2) is 9.90. The van der Waals surface area contributed by atoms with Crippen molar-refractivity contribution in [3.63, 3.8) is 0 Å². The molecule has 1 aromatic carbocycles. The van der Waals surface area contributed by atoms with Crippen molar-refractivity contribution in [2.75, 3.05) is 6.61 Å². The van der Waals surface area contributed by atoms with Crippen LogP contribution in [0.1, 0.15) is 67.3 Å². The predicted octanol–water partition coefficient (Wildman–Crippen LogP) is 8.39. The molecule has 0 spiro atoms. The molecule has 4 nitrogen and oxygen atoms in total. The molecule has 3 heterocycles. The van der Waals surface area contributed by atoms with E-state index in [1.807, 2.05) is 19.2 Å². The van der Waals surface area contributed by atoms with Crippen LogP contribution in [0.4, 0.5) is 4.39 Å². The van der Waals surface area contributed by atoms with E-state index in [1.165, 1.54) is 28.6 Å². The smallest absolute Gasteiger partial charge is 0.345 e. The Morgan fingerprint density at radius 3 is 2.68 bits per heavy atom. The van der Waals surface area contributed by atoms with E-state index in [-0.39, 0.29) is 0 Å². The van der Waals surface area contributed by atoms with Crippen LogP contribution in [0, 0.1) is 5.92 Å². The van der Waals surface area contributed by atoms with Crippen LogP contribution in [0.2, 0.25) is 0 Å². The Bertz CT molecular complexity index is 1460. The first-order valence-corrected chi connectivity index (χ1v) is 13.6. The van der Waals surface area contributed by atoms with Crippen LogP contribution in [0.3, 0.4) is 0 Å². The van der Waals surface area contributed by atoms with Gasteiger partial charge in [0.05, 0.1) is 5.52 Å². The molecular weight excluding hydrogens is 485 g/mol.